The van der Waals surface area contributed by atoms with E-state index < -0.39 is 12.1 Å². The minimum absolute atomic E-state index is 0.0942. The van der Waals surface area contributed by atoms with Crippen LogP contribution in [0.2, 0.25) is 0 Å². The SMILES string of the molecule is O=C(NC1CCC(C(F)(F)F)CC1)c1ccc(CBr)cc1. The van der Waals surface area contributed by atoms with Crippen molar-refractivity contribution in [1.82, 2.24) is 5.32 Å². The summed E-state index contributed by atoms with van der Waals surface area (Å²) in [5, 5.41) is 3.55. The lowest BCUT2D eigenvalue weighted by Gasteiger charge is -2.30. The molecule has 1 aromatic rings. The summed E-state index contributed by atoms with van der Waals surface area (Å²) in [5.41, 5.74) is 1.61. The molecule has 0 radical (unpaired) electrons. The normalized spacial score (nSPS) is 22.9. The van der Waals surface area contributed by atoms with E-state index in [2.05, 4.69) is 21.2 Å². The van der Waals surface area contributed by atoms with Gasteiger partial charge < -0.3 is 5.32 Å². The van der Waals surface area contributed by atoms with Crippen LogP contribution in [0.1, 0.15) is 41.6 Å². The quantitative estimate of drug-likeness (QED) is 0.790. The van der Waals surface area contributed by atoms with E-state index >= 15 is 0 Å². The third kappa shape index (κ3) is 4.46. The van der Waals surface area contributed by atoms with Gasteiger partial charge >= 0.3 is 6.18 Å². The molecule has 1 aromatic carbocycles. The molecule has 1 saturated carbocycles. The molecular weight excluding hydrogens is 347 g/mol. The zero-order valence-corrected chi connectivity index (χ0v) is 13.0. The molecule has 1 aliphatic rings. The first-order valence-corrected chi connectivity index (χ1v) is 8.05. The molecule has 0 spiro atoms. The van der Waals surface area contributed by atoms with Gasteiger partial charge in [-0.25, -0.2) is 0 Å². The molecule has 0 unspecified atom stereocenters. The van der Waals surface area contributed by atoms with Gasteiger partial charge in [-0.3, -0.25) is 4.79 Å². The Bertz CT molecular complexity index is 479. The second-order valence-corrected chi connectivity index (χ2v) is 5.95. The predicted molar refractivity (Wildman–Crippen MR) is 78.3 cm³/mol. The summed E-state index contributed by atoms with van der Waals surface area (Å²) in [6.07, 6.45) is -3.15. The van der Waals surface area contributed by atoms with Crippen molar-refractivity contribution in [2.24, 2.45) is 5.92 Å². The Hall–Kier alpha value is -1.04. The summed E-state index contributed by atoms with van der Waals surface area (Å²) in [5.74, 6) is -1.43. The second-order valence-electron chi connectivity index (χ2n) is 5.39. The number of amides is 1. The summed E-state index contributed by atoms with van der Waals surface area (Å²) in [6, 6.07) is 7.00. The van der Waals surface area contributed by atoms with Gasteiger partial charge in [0, 0.05) is 16.9 Å². The van der Waals surface area contributed by atoms with Gasteiger partial charge in [-0.05, 0) is 43.4 Å². The van der Waals surface area contributed by atoms with Crippen LogP contribution in [0.25, 0.3) is 0 Å². The zero-order chi connectivity index (χ0) is 15.5. The third-order valence-corrected chi connectivity index (χ3v) is 4.54. The lowest BCUT2D eigenvalue weighted by atomic mass is 9.85. The monoisotopic (exact) mass is 363 g/mol. The average molecular weight is 364 g/mol. The van der Waals surface area contributed by atoms with Crippen molar-refractivity contribution in [1.29, 1.82) is 0 Å². The van der Waals surface area contributed by atoms with E-state index in [-0.39, 0.29) is 24.8 Å². The molecule has 1 aliphatic carbocycles. The summed E-state index contributed by atoms with van der Waals surface area (Å²) >= 11 is 3.33. The highest BCUT2D eigenvalue weighted by molar-refractivity contribution is 9.08. The minimum Gasteiger partial charge on any atom is -0.349 e. The lowest BCUT2D eigenvalue weighted by molar-refractivity contribution is -0.182. The van der Waals surface area contributed by atoms with Crippen molar-refractivity contribution in [2.45, 2.75) is 43.2 Å². The Balaban J connectivity index is 1.86. The molecule has 1 N–H and O–H groups in total. The number of hydrogen-bond donors (Lipinski definition) is 1. The molecule has 21 heavy (non-hydrogen) atoms. The maximum absolute atomic E-state index is 12.6. The van der Waals surface area contributed by atoms with Gasteiger partial charge in [-0.15, -0.1) is 0 Å². The van der Waals surface area contributed by atoms with E-state index in [4.69, 9.17) is 0 Å². The summed E-state index contributed by atoms with van der Waals surface area (Å²) in [7, 11) is 0. The van der Waals surface area contributed by atoms with Crippen LogP contribution in [0.5, 0.6) is 0 Å². The highest BCUT2D eigenvalue weighted by Gasteiger charge is 2.41. The number of hydrogen-bond acceptors (Lipinski definition) is 1. The van der Waals surface area contributed by atoms with E-state index in [1.54, 1.807) is 12.1 Å². The lowest BCUT2D eigenvalue weighted by Crippen LogP contribution is -2.40. The molecule has 0 saturated heterocycles. The Morgan fingerprint density at radius 1 is 1.14 bits per heavy atom. The van der Waals surface area contributed by atoms with Gasteiger partial charge in [0.1, 0.15) is 0 Å². The molecule has 0 atom stereocenters. The third-order valence-electron chi connectivity index (χ3n) is 3.90. The molecule has 0 bridgehead atoms. The minimum atomic E-state index is -4.11. The molecule has 0 aromatic heterocycles. The summed E-state index contributed by atoms with van der Waals surface area (Å²) in [4.78, 5) is 12.0. The first-order chi connectivity index (χ1) is 9.90. The zero-order valence-electron chi connectivity index (χ0n) is 11.4. The molecule has 2 nitrogen and oxygen atoms in total. The van der Waals surface area contributed by atoms with E-state index in [0.717, 1.165) is 10.9 Å². The number of benzene rings is 1. The van der Waals surface area contributed by atoms with Crippen LogP contribution >= 0.6 is 15.9 Å². The van der Waals surface area contributed by atoms with Crippen LogP contribution in [0.4, 0.5) is 13.2 Å². The van der Waals surface area contributed by atoms with Crippen LogP contribution in [0.3, 0.4) is 0 Å². The molecule has 1 fully saturated rings. The van der Waals surface area contributed by atoms with Crippen LogP contribution in [-0.2, 0) is 5.33 Å². The van der Waals surface area contributed by atoms with Gasteiger partial charge in [0.15, 0.2) is 0 Å². The van der Waals surface area contributed by atoms with Gasteiger partial charge in [0.2, 0.25) is 0 Å². The van der Waals surface area contributed by atoms with Gasteiger partial charge in [0.05, 0.1) is 5.92 Å². The van der Waals surface area contributed by atoms with Crippen molar-refractivity contribution in [3.63, 3.8) is 0 Å². The largest absolute Gasteiger partial charge is 0.391 e. The fourth-order valence-electron chi connectivity index (χ4n) is 2.58. The Morgan fingerprint density at radius 2 is 1.71 bits per heavy atom. The Morgan fingerprint density at radius 3 is 2.19 bits per heavy atom. The number of alkyl halides is 4. The summed E-state index contributed by atoms with van der Waals surface area (Å²) < 4.78 is 37.7. The van der Waals surface area contributed by atoms with Crippen LogP contribution < -0.4 is 5.32 Å². The van der Waals surface area contributed by atoms with E-state index in [1.165, 1.54) is 0 Å². The molecule has 0 heterocycles. The van der Waals surface area contributed by atoms with Crippen molar-refractivity contribution < 1.29 is 18.0 Å². The fourth-order valence-corrected chi connectivity index (χ4v) is 2.95. The maximum Gasteiger partial charge on any atom is 0.391 e. The van der Waals surface area contributed by atoms with Crippen LogP contribution in [-0.4, -0.2) is 18.1 Å². The molecular formula is C15H17BrF3NO. The number of rotatable bonds is 3. The maximum atomic E-state index is 12.6. The number of carbonyl (C=O) groups is 1. The Kier molecular flexibility index (Phi) is 5.30. The van der Waals surface area contributed by atoms with E-state index in [0.29, 0.717) is 18.4 Å². The fraction of sp³-hybridized carbons (Fsp3) is 0.533. The van der Waals surface area contributed by atoms with Crippen molar-refractivity contribution in [3.8, 4) is 0 Å². The van der Waals surface area contributed by atoms with Gasteiger partial charge in [0.25, 0.3) is 5.91 Å². The summed E-state index contributed by atoms with van der Waals surface area (Å²) in [6.45, 7) is 0. The highest BCUT2D eigenvalue weighted by atomic mass is 79.9. The molecule has 1 amide bonds. The molecule has 116 valence electrons. The first kappa shape index (κ1) is 16.3. The van der Waals surface area contributed by atoms with Crippen LogP contribution in [0.15, 0.2) is 24.3 Å². The van der Waals surface area contributed by atoms with Gasteiger partial charge in [-0.2, -0.15) is 13.2 Å². The first-order valence-electron chi connectivity index (χ1n) is 6.92. The average Bonchev–Trinajstić information content (AvgIpc) is 2.47. The van der Waals surface area contributed by atoms with E-state index in [9.17, 15) is 18.0 Å². The van der Waals surface area contributed by atoms with Crippen LogP contribution in [0, 0.1) is 5.92 Å². The topological polar surface area (TPSA) is 29.1 Å². The Labute approximate surface area is 130 Å². The van der Waals surface area contributed by atoms with Crippen molar-refractivity contribution in [3.05, 3.63) is 35.4 Å². The molecule has 0 aliphatic heterocycles. The number of carbonyl (C=O) groups excluding carboxylic acids is 1. The highest BCUT2D eigenvalue weighted by Crippen LogP contribution is 2.37. The van der Waals surface area contributed by atoms with Crippen molar-refractivity contribution >= 4 is 21.8 Å². The molecule has 6 heteroatoms. The van der Waals surface area contributed by atoms with Gasteiger partial charge in [-0.1, -0.05) is 28.1 Å². The second kappa shape index (κ2) is 6.81. The van der Waals surface area contributed by atoms with Crippen molar-refractivity contribution in [2.75, 3.05) is 0 Å². The molecule has 2 rings (SSSR count). The standard InChI is InChI=1S/C15H17BrF3NO/c16-9-10-1-3-11(4-2-10)14(21)20-13-7-5-12(6-8-13)15(17,18)19/h1-4,12-13H,5-9H2,(H,20,21). The predicted octanol–water partition coefficient (Wildman–Crippen LogP) is 4.43. The smallest absolute Gasteiger partial charge is 0.349 e. The van der Waals surface area contributed by atoms with E-state index in [1.807, 2.05) is 12.1 Å². The number of nitrogens with one attached hydrogen (secondary N) is 1. The number of halogens is 4.